The first-order valence-electron chi connectivity index (χ1n) is 11.2. The van der Waals surface area contributed by atoms with E-state index in [2.05, 4.69) is 22.3 Å². The van der Waals surface area contributed by atoms with Crippen molar-refractivity contribution in [2.45, 2.75) is 26.5 Å². The van der Waals surface area contributed by atoms with Crippen molar-refractivity contribution >= 4 is 17.8 Å². The van der Waals surface area contributed by atoms with Crippen molar-refractivity contribution in [1.82, 2.24) is 15.1 Å². The highest BCUT2D eigenvalue weighted by molar-refractivity contribution is 5.96. The number of rotatable bonds is 9. The third kappa shape index (κ3) is 7.32. The van der Waals surface area contributed by atoms with Crippen molar-refractivity contribution in [2.24, 2.45) is 0 Å². The standard InChI is InChI=1S/C25H31N3O5/c1-3-32-22-11-9-21(10-12-22)24(30)26-17-23(29)33-19(2)25(31)28-15-13-27(14-16-28)18-20-7-5-4-6-8-20/h4-12,19H,3,13-18H2,1-2H3,(H,26,30)/t19-/m1/s1. The van der Waals surface area contributed by atoms with E-state index in [9.17, 15) is 14.4 Å². The Labute approximate surface area is 194 Å². The van der Waals surface area contributed by atoms with Crippen LogP contribution in [0.1, 0.15) is 29.8 Å². The van der Waals surface area contributed by atoms with Gasteiger partial charge in [0, 0.05) is 38.3 Å². The summed E-state index contributed by atoms with van der Waals surface area (Å²) in [6, 6.07) is 16.8. The van der Waals surface area contributed by atoms with Gasteiger partial charge in [0.15, 0.2) is 6.10 Å². The number of nitrogens with one attached hydrogen (secondary N) is 1. The molecule has 1 N–H and O–H groups in total. The Bertz CT molecular complexity index is 925. The largest absolute Gasteiger partial charge is 0.494 e. The molecule has 0 spiro atoms. The van der Waals surface area contributed by atoms with Gasteiger partial charge in [0.2, 0.25) is 0 Å². The van der Waals surface area contributed by atoms with Crippen molar-refractivity contribution in [3.8, 4) is 5.75 Å². The van der Waals surface area contributed by atoms with Crippen LogP contribution in [0, 0.1) is 0 Å². The number of piperazine rings is 1. The summed E-state index contributed by atoms with van der Waals surface area (Å²) in [5.74, 6) is -0.608. The molecular formula is C25H31N3O5. The number of nitrogens with zero attached hydrogens (tertiary/aromatic N) is 2. The first-order valence-corrected chi connectivity index (χ1v) is 11.2. The van der Waals surface area contributed by atoms with E-state index in [4.69, 9.17) is 9.47 Å². The van der Waals surface area contributed by atoms with Crippen molar-refractivity contribution < 1.29 is 23.9 Å². The van der Waals surface area contributed by atoms with Crippen LogP contribution < -0.4 is 10.1 Å². The van der Waals surface area contributed by atoms with Crippen LogP contribution in [0.4, 0.5) is 0 Å². The third-order valence-corrected chi connectivity index (χ3v) is 5.41. The number of carbonyl (C=O) groups is 3. The van der Waals surface area contributed by atoms with Crippen LogP contribution >= 0.6 is 0 Å². The first-order chi connectivity index (χ1) is 16.0. The number of carbonyl (C=O) groups excluding carboxylic acids is 3. The highest BCUT2D eigenvalue weighted by Crippen LogP contribution is 2.12. The summed E-state index contributed by atoms with van der Waals surface area (Å²) < 4.78 is 10.6. The Morgan fingerprint density at radius 1 is 0.970 bits per heavy atom. The molecule has 8 heteroatoms. The SMILES string of the molecule is CCOc1ccc(C(=O)NCC(=O)O[C@H](C)C(=O)N2CCN(Cc3ccccc3)CC2)cc1. The molecule has 0 radical (unpaired) electrons. The number of hydrogen-bond donors (Lipinski definition) is 1. The summed E-state index contributed by atoms with van der Waals surface area (Å²) in [6.07, 6.45) is -0.902. The Kier molecular flexibility index (Phi) is 8.83. The molecule has 1 saturated heterocycles. The number of benzene rings is 2. The molecule has 1 fully saturated rings. The Hall–Kier alpha value is -3.39. The Balaban J connectivity index is 1.38. The molecule has 0 unspecified atom stereocenters. The predicted octanol–water partition coefficient (Wildman–Crippen LogP) is 2.09. The van der Waals surface area contributed by atoms with Gasteiger partial charge in [0.1, 0.15) is 12.3 Å². The van der Waals surface area contributed by atoms with Gasteiger partial charge in [-0.15, -0.1) is 0 Å². The van der Waals surface area contributed by atoms with Crippen LogP contribution in [-0.2, 0) is 20.9 Å². The van der Waals surface area contributed by atoms with Crippen molar-refractivity contribution in [1.29, 1.82) is 0 Å². The first kappa shape index (κ1) is 24.3. The van der Waals surface area contributed by atoms with E-state index in [0.717, 1.165) is 19.6 Å². The maximum Gasteiger partial charge on any atom is 0.326 e. The maximum atomic E-state index is 12.7. The lowest BCUT2D eigenvalue weighted by Gasteiger charge is -2.35. The molecular weight excluding hydrogens is 422 g/mol. The summed E-state index contributed by atoms with van der Waals surface area (Å²) in [5, 5.41) is 2.52. The van der Waals surface area contributed by atoms with E-state index in [1.54, 1.807) is 36.1 Å². The maximum absolute atomic E-state index is 12.7. The van der Waals surface area contributed by atoms with Gasteiger partial charge in [0.25, 0.3) is 11.8 Å². The van der Waals surface area contributed by atoms with Gasteiger partial charge in [-0.2, -0.15) is 0 Å². The van der Waals surface area contributed by atoms with E-state index < -0.39 is 18.0 Å². The molecule has 1 aliphatic rings. The fourth-order valence-electron chi connectivity index (χ4n) is 3.64. The molecule has 0 aliphatic carbocycles. The van der Waals surface area contributed by atoms with Gasteiger partial charge < -0.3 is 19.7 Å². The van der Waals surface area contributed by atoms with Crippen LogP contribution in [0.2, 0.25) is 0 Å². The molecule has 0 saturated carbocycles. The molecule has 3 rings (SSSR count). The summed E-state index contributed by atoms with van der Waals surface area (Å²) in [4.78, 5) is 41.0. The smallest absolute Gasteiger partial charge is 0.326 e. The molecule has 8 nitrogen and oxygen atoms in total. The van der Waals surface area contributed by atoms with Crippen LogP contribution in [0.25, 0.3) is 0 Å². The van der Waals surface area contributed by atoms with Gasteiger partial charge in [-0.05, 0) is 43.7 Å². The van der Waals surface area contributed by atoms with E-state index in [1.165, 1.54) is 5.56 Å². The van der Waals surface area contributed by atoms with Gasteiger partial charge in [-0.1, -0.05) is 30.3 Å². The Morgan fingerprint density at radius 3 is 2.27 bits per heavy atom. The van der Waals surface area contributed by atoms with E-state index in [0.29, 0.717) is 31.0 Å². The molecule has 1 heterocycles. The second-order valence-corrected chi connectivity index (χ2v) is 7.86. The molecule has 176 valence electrons. The monoisotopic (exact) mass is 453 g/mol. The van der Waals surface area contributed by atoms with Crippen LogP contribution in [0.15, 0.2) is 54.6 Å². The topological polar surface area (TPSA) is 88.2 Å². The fraction of sp³-hybridized carbons (Fsp3) is 0.400. The average Bonchev–Trinajstić information content (AvgIpc) is 2.84. The van der Waals surface area contributed by atoms with Gasteiger partial charge in [-0.25, -0.2) is 0 Å². The molecule has 1 atom stereocenters. The quantitative estimate of drug-likeness (QED) is 0.585. The summed E-state index contributed by atoms with van der Waals surface area (Å²) in [7, 11) is 0. The van der Waals surface area contributed by atoms with Crippen LogP contribution in [0.5, 0.6) is 5.75 Å². The minimum absolute atomic E-state index is 0.222. The van der Waals surface area contributed by atoms with Gasteiger partial charge in [0.05, 0.1) is 6.61 Å². The lowest BCUT2D eigenvalue weighted by Crippen LogP contribution is -2.51. The average molecular weight is 454 g/mol. The lowest BCUT2D eigenvalue weighted by atomic mass is 10.2. The molecule has 0 aromatic heterocycles. The minimum atomic E-state index is -0.902. The molecule has 2 amide bonds. The van der Waals surface area contributed by atoms with Gasteiger partial charge in [-0.3, -0.25) is 19.3 Å². The van der Waals surface area contributed by atoms with Crippen molar-refractivity contribution in [3.63, 3.8) is 0 Å². The van der Waals surface area contributed by atoms with Crippen LogP contribution in [0.3, 0.4) is 0 Å². The Morgan fingerprint density at radius 2 is 1.64 bits per heavy atom. The summed E-state index contributed by atoms with van der Waals surface area (Å²) in [5.41, 5.74) is 1.65. The number of hydrogen-bond acceptors (Lipinski definition) is 6. The second kappa shape index (κ2) is 12.0. The fourth-order valence-corrected chi connectivity index (χ4v) is 3.64. The highest BCUT2D eigenvalue weighted by Gasteiger charge is 2.27. The molecule has 0 bridgehead atoms. The summed E-state index contributed by atoms with van der Waals surface area (Å²) >= 11 is 0. The number of amides is 2. The normalized spacial score (nSPS) is 14.9. The van der Waals surface area contributed by atoms with E-state index >= 15 is 0 Å². The third-order valence-electron chi connectivity index (χ3n) is 5.41. The zero-order chi connectivity index (χ0) is 23.6. The molecule has 2 aromatic carbocycles. The number of ether oxygens (including phenoxy) is 2. The minimum Gasteiger partial charge on any atom is -0.494 e. The molecule has 33 heavy (non-hydrogen) atoms. The van der Waals surface area contributed by atoms with Gasteiger partial charge >= 0.3 is 5.97 Å². The second-order valence-electron chi connectivity index (χ2n) is 7.86. The molecule has 1 aliphatic heterocycles. The zero-order valence-electron chi connectivity index (χ0n) is 19.2. The zero-order valence-corrected chi connectivity index (χ0v) is 19.2. The molecule has 2 aromatic rings. The summed E-state index contributed by atoms with van der Waals surface area (Å²) in [6.45, 7) is 7.21. The van der Waals surface area contributed by atoms with E-state index in [-0.39, 0.29) is 12.5 Å². The number of esters is 1. The van der Waals surface area contributed by atoms with Crippen molar-refractivity contribution in [2.75, 3.05) is 39.3 Å². The van der Waals surface area contributed by atoms with Crippen molar-refractivity contribution in [3.05, 3.63) is 65.7 Å². The predicted molar refractivity (Wildman–Crippen MR) is 124 cm³/mol. The lowest BCUT2D eigenvalue weighted by molar-refractivity contribution is -0.159. The highest BCUT2D eigenvalue weighted by atomic mass is 16.5. The van der Waals surface area contributed by atoms with Crippen LogP contribution in [-0.4, -0.2) is 73.0 Å². The van der Waals surface area contributed by atoms with E-state index in [1.807, 2.05) is 25.1 Å².